The van der Waals surface area contributed by atoms with E-state index in [1.54, 1.807) is 10.9 Å². The van der Waals surface area contributed by atoms with Crippen LogP contribution < -0.4 is 0 Å². The molecule has 9 heteroatoms. The molecule has 1 aliphatic rings. The maximum Gasteiger partial charge on any atom is 0.248 e. The van der Waals surface area contributed by atoms with Gasteiger partial charge in [-0.1, -0.05) is 26.0 Å². The molecule has 0 saturated carbocycles. The Morgan fingerprint density at radius 2 is 2.07 bits per heavy atom. The normalized spacial score (nSPS) is 21.4. The number of likely N-dealkylation sites (N-methyl/N-ethyl adjacent to an activating group) is 1. The number of amides is 1. The molecule has 1 fully saturated rings. The second kappa shape index (κ2) is 9.11. The number of aromatic nitrogens is 3. The van der Waals surface area contributed by atoms with Crippen molar-refractivity contribution in [1.82, 2.24) is 24.8 Å². The number of rotatable bonds is 8. The van der Waals surface area contributed by atoms with Crippen molar-refractivity contribution in [2.45, 2.75) is 58.9 Å². The smallest absolute Gasteiger partial charge is 0.248 e. The van der Waals surface area contributed by atoms with Crippen LogP contribution in [0.4, 0.5) is 0 Å². The molecular formula is C19H33N5O4. The van der Waals surface area contributed by atoms with Crippen molar-refractivity contribution in [3.63, 3.8) is 0 Å². The van der Waals surface area contributed by atoms with Crippen LogP contribution in [0.25, 0.3) is 0 Å². The number of likely N-dealkylation sites (tertiary alicyclic amines) is 1. The zero-order valence-electron chi connectivity index (χ0n) is 17.8. The Morgan fingerprint density at radius 1 is 1.39 bits per heavy atom. The van der Waals surface area contributed by atoms with Gasteiger partial charge in [-0.3, -0.25) is 9.59 Å². The van der Waals surface area contributed by atoms with Crippen LogP contribution >= 0.6 is 0 Å². The Bertz CT molecular complexity index is 682. The van der Waals surface area contributed by atoms with Gasteiger partial charge in [0.15, 0.2) is 5.78 Å². The average molecular weight is 396 g/mol. The minimum absolute atomic E-state index is 0.119. The summed E-state index contributed by atoms with van der Waals surface area (Å²) in [5.74, 6) is -0.347. The summed E-state index contributed by atoms with van der Waals surface area (Å²) >= 11 is 0. The van der Waals surface area contributed by atoms with Gasteiger partial charge in [-0.05, 0) is 26.4 Å². The van der Waals surface area contributed by atoms with E-state index in [0.717, 1.165) is 6.54 Å². The Hall–Kier alpha value is -1.84. The third-order valence-corrected chi connectivity index (χ3v) is 4.84. The van der Waals surface area contributed by atoms with Gasteiger partial charge in [-0.2, -0.15) is 0 Å². The van der Waals surface area contributed by atoms with Crippen molar-refractivity contribution in [1.29, 1.82) is 0 Å². The van der Waals surface area contributed by atoms with Gasteiger partial charge >= 0.3 is 0 Å². The molecule has 0 aliphatic carbocycles. The largest absolute Gasteiger partial charge is 0.391 e. The fourth-order valence-electron chi connectivity index (χ4n) is 3.41. The van der Waals surface area contributed by atoms with Gasteiger partial charge in [-0.25, -0.2) is 4.68 Å². The van der Waals surface area contributed by atoms with Crippen molar-refractivity contribution in [2.75, 3.05) is 33.8 Å². The summed E-state index contributed by atoms with van der Waals surface area (Å²) in [6.45, 7) is 9.14. The summed E-state index contributed by atoms with van der Waals surface area (Å²) in [5.41, 5.74) is 0.188. The van der Waals surface area contributed by atoms with Crippen LogP contribution in [-0.4, -0.2) is 87.5 Å². The number of ether oxygens (including phenoxy) is 1. The van der Waals surface area contributed by atoms with Gasteiger partial charge in [-0.15, -0.1) is 5.10 Å². The maximum atomic E-state index is 13.3. The third kappa shape index (κ3) is 5.59. The van der Waals surface area contributed by atoms with E-state index >= 15 is 0 Å². The molecule has 0 unspecified atom stereocenters. The highest BCUT2D eigenvalue weighted by molar-refractivity contribution is 5.90. The highest BCUT2D eigenvalue weighted by Gasteiger charge is 2.44. The SMILES string of the molecule is CC(=O)[C@@H]1C[C@@H](O)CN1C(=O)[C@@H](n1cc(COCCN(C)C)nn1)C(C)(C)C. The Morgan fingerprint density at radius 3 is 2.64 bits per heavy atom. The fraction of sp³-hybridized carbons (Fsp3) is 0.789. The Balaban J connectivity index is 2.16. The number of Topliss-reactive ketones (excluding diaryl/α,β-unsaturated/α-hetero) is 1. The molecule has 9 nitrogen and oxygen atoms in total. The second-order valence-electron chi connectivity index (χ2n) is 8.82. The van der Waals surface area contributed by atoms with Gasteiger partial charge in [0.1, 0.15) is 11.7 Å². The number of hydrogen-bond donors (Lipinski definition) is 1. The molecule has 1 amide bonds. The van der Waals surface area contributed by atoms with E-state index < -0.39 is 23.6 Å². The highest BCUT2D eigenvalue weighted by Crippen LogP contribution is 2.34. The number of β-amino-alcohol motifs (C(OH)–C–C–N with tert-alkyl or cyclic N) is 1. The lowest BCUT2D eigenvalue weighted by atomic mass is 9.85. The summed E-state index contributed by atoms with van der Waals surface area (Å²) in [7, 11) is 3.95. The summed E-state index contributed by atoms with van der Waals surface area (Å²) in [6.07, 6.45) is 1.31. The van der Waals surface area contributed by atoms with Gasteiger partial charge in [0.2, 0.25) is 5.91 Å². The number of hydrogen-bond acceptors (Lipinski definition) is 7. The summed E-state index contributed by atoms with van der Waals surface area (Å²) in [4.78, 5) is 28.8. The van der Waals surface area contributed by atoms with E-state index in [0.29, 0.717) is 18.9 Å². The molecule has 1 N–H and O–H groups in total. The van der Waals surface area contributed by atoms with E-state index in [1.807, 2.05) is 39.8 Å². The van der Waals surface area contributed by atoms with E-state index in [1.165, 1.54) is 11.8 Å². The molecule has 3 atom stereocenters. The molecule has 1 aliphatic heterocycles. The first kappa shape index (κ1) is 22.4. The average Bonchev–Trinajstić information content (AvgIpc) is 3.17. The number of carbonyl (C=O) groups is 2. The number of carbonyl (C=O) groups excluding carboxylic acids is 2. The first-order chi connectivity index (χ1) is 13.0. The van der Waals surface area contributed by atoms with Crippen LogP contribution in [-0.2, 0) is 20.9 Å². The van der Waals surface area contributed by atoms with Crippen molar-refractivity contribution >= 4 is 11.7 Å². The van der Waals surface area contributed by atoms with E-state index in [4.69, 9.17) is 4.74 Å². The van der Waals surface area contributed by atoms with Crippen LogP contribution in [0.1, 0.15) is 45.9 Å². The van der Waals surface area contributed by atoms with Crippen LogP contribution in [0.15, 0.2) is 6.20 Å². The first-order valence-electron chi connectivity index (χ1n) is 9.63. The number of aliphatic hydroxyl groups excluding tert-OH is 1. The van der Waals surface area contributed by atoms with Crippen molar-refractivity contribution in [3.05, 3.63) is 11.9 Å². The van der Waals surface area contributed by atoms with Gasteiger partial charge in [0.05, 0.1) is 31.6 Å². The maximum absolute atomic E-state index is 13.3. The number of ketones is 1. The van der Waals surface area contributed by atoms with E-state index in [9.17, 15) is 14.7 Å². The molecule has 1 saturated heterocycles. The van der Waals surface area contributed by atoms with Crippen LogP contribution in [0.3, 0.4) is 0 Å². The minimum atomic E-state index is -0.685. The fourth-order valence-corrected chi connectivity index (χ4v) is 3.41. The summed E-state index contributed by atoms with van der Waals surface area (Å²) in [5, 5.41) is 18.3. The number of nitrogens with zero attached hydrogens (tertiary/aromatic N) is 5. The monoisotopic (exact) mass is 395 g/mol. The molecule has 28 heavy (non-hydrogen) atoms. The third-order valence-electron chi connectivity index (χ3n) is 4.84. The minimum Gasteiger partial charge on any atom is -0.391 e. The van der Waals surface area contributed by atoms with Crippen LogP contribution in [0.5, 0.6) is 0 Å². The molecule has 1 aromatic heterocycles. The lowest BCUT2D eigenvalue weighted by Crippen LogP contribution is -2.47. The Kier molecular flexibility index (Phi) is 7.30. The van der Waals surface area contributed by atoms with Gasteiger partial charge in [0, 0.05) is 19.5 Å². The second-order valence-corrected chi connectivity index (χ2v) is 8.82. The molecular weight excluding hydrogens is 362 g/mol. The van der Waals surface area contributed by atoms with Crippen LogP contribution in [0.2, 0.25) is 0 Å². The molecule has 0 aromatic carbocycles. The lowest BCUT2D eigenvalue weighted by molar-refractivity contribution is -0.143. The van der Waals surface area contributed by atoms with E-state index in [-0.39, 0.29) is 24.7 Å². The molecule has 1 aromatic rings. The predicted octanol–water partition coefficient (Wildman–Crippen LogP) is 0.494. The van der Waals surface area contributed by atoms with Crippen molar-refractivity contribution in [3.8, 4) is 0 Å². The standard InChI is InChI=1S/C19H33N5O4/c1-13(25)16-9-15(26)11-23(16)18(27)17(19(2,3)4)24-10-14(20-21-24)12-28-8-7-22(5)6/h10,15-17,26H,7-9,11-12H2,1-6H3/t15-,16+,17-/m1/s1. The highest BCUT2D eigenvalue weighted by atomic mass is 16.5. The first-order valence-corrected chi connectivity index (χ1v) is 9.63. The van der Waals surface area contributed by atoms with Crippen molar-refractivity contribution < 1.29 is 19.4 Å². The molecule has 158 valence electrons. The lowest BCUT2D eigenvalue weighted by Gasteiger charge is -2.34. The topological polar surface area (TPSA) is 101 Å². The molecule has 0 bridgehead atoms. The van der Waals surface area contributed by atoms with Crippen molar-refractivity contribution in [2.24, 2.45) is 5.41 Å². The Labute approximate surface area is 166 Å². The predicted molar refractivity (Wildman–Crippen MR) is 104 cm³/mol. The number of aliphatic hydroxyl groups is 1. The quantitative estimate of drug-likeness (QED) is 0.640. The summed E-state index contributed by atoms with van der Waals surface area (Å²) < 4.78 is 7.15. The molecule has 0 spiro atoms. The van der Waals surface area contributed by atoms with Gasteiger partial charge < -0.3 is 19.6 Å². The molecule has 0 radical (unpaired) electrons. The summed E-state index contributed by atoms with van der Waals surface area (Å²) in [6, 6.07) is -1.23. The zero-order chi connectivity index (χ0) is 21.1. The van der Waals surface area contributed by atoms with Gasteiger partial charge in [0.25, 0.3) is 0 Å². The van der Waals surface area contributed by atoms with Crippen LogP contribution in [0, 0.1) is 5.41 Å². The molecule has 2 rings (SSSR count). The molecule has 2 heterocycles. The zero-order valence-corrected chi connectivity index (χ0v) is 17.8. The van der Waals surface area contributed by atoms with E-state index in [2.05, 4.69) is 10.3 Å².